The Bertz CT molecular complexity index is 4330. The van der Waals surface area contributed by atoms with Gasteiger partial charge in [0.05, 0.1) is 66.8 Å². The van der Waals surface area contributed by atoms with Gasteiger partial charge in [-0.15, -0.1) is 11.3 Å². The van der Waals surface area contributed by atoms with E-state index in [1.165, 1.54) is 30.0 Å². The van der Waals surface area contributed by atoms with Crippen molar-refractivity contribution in [1.82, 2.24) is 39.0 Å². The van der Waals surface area contributed by atoms with E-state index in [1.54, 1.807) is 85.5 Å². The predicted molar refractivity (Wildman–Crippen MR) is 284 cm³/mol. The van der Waals surface area contributed by atoms with Crippen LogP contribution in [0.1, 0.15) is 17.3 Å². The van der Waals surface area contributed by atoms with Crippen LogP contribution in [-0.4, -0.2) is 39.0 Å². The molecule has 0 unspecified atom stereocenters. The lowest BCUT2D eigenvalue weighted by Crippen LogP contribution is -2.33. The summed E-state index contributed by atoms with van der Waals surface area (Å²) in [6.07, 6.45) is 7.97. The lowest BCUT2D eigenvalue weighted by atomic mass is 10.0. The number of oxazole rings is 1. The Morgan fingerprint density at radius 1 is 0.589 bits per heavy atom. The van der Waals surface area contributed by atoms with Crippen molar-refractivity contribution < 1.29 is 13.9 Å². The first-order chi connectivity index (χ1) is 35.6. The molecule has 0 saturated carbocycles. The number of aromatic nitrogens is 8. The second-order valence-corrected chi connectivity index (χ2v) is 18.1. The number of ether oxygens (including phenoxy) is 2. The number of aryl methyl sites for hydroxylation is 1. The van der Waals surface area contributed by atoms with Gasteiger partial charge >= 0.3 is 11.4 Å². The molecule has 6 heterocycles. The number of nitrogens with zero attached hydrogens (tertiary/aromatic N) is 6. The van der Waals surface area contributed by atoms with Gasteiger partial charge in [0.2, 0.25) is 0 Å². The second kappa shape index (κ2) is 19.7. The molecule has 6 aromatic heterocycles. The molecule has 2 N–H and O–H groups in total. The van der Waals surface area contributed by atoms with E-state index in [9.17, 15) is 19.2 Å². The number of benzene rings is 6. The lowest BCUT2D eigenvalue weighted by Gasteiger charge is -2.14. The molecule has 0 saturated heterocycles. The average Bonchev–Trinajstić information content (AvgIpc) is 4.09. The smallest absolute Gasteiger partial charge is 0.333 e. The summed E-state index contributed by atoms with van der Waals surface area (Å²) in [7, 11) is 0. The number of H-pyrrole nitrogens is 2. The van der Waals surface area contributed by atoms with Crippen LogP contribution in [0.2, 0.25) is 10.0 Å². The van der Waals surface area contributed by atoms with Crippen molar-refractivity contribution >= 4 is 77.9 Å². The summed E-state index contributed by atoms with van der Waals surface area (Å²) in [6.45, 7) is 2.25. The molecule has 73 heavy (non-hydrogen) atoms. The molecule has 0 atom stereocenters. The Balaban J connectivity index is 0.000000157. The summed E-state index contributed by atoms with van der Waals surface area (Å²) in [5, 5.41) is 6.76. The number of hydrogen-bond donors (Lipinski definition) is 2. The van der Waals surface area contributed by atoms with Gasteiger partial charge in [-0.3, -0.25) is 19.6 Å². The van der Waals surface area contributed by atoms with E-state index in [4.69, 9.17) is 37.1 Å². The van der Waals surface area contributed by atoms with E-state index in [1.807, 2.05) is 66.0 Å². The van der Waals surface area contributed by atoms with Crippen molar-refractivity contribution in [3.63, 3.8) is 0 Å². The van der Waals surface area contributed by atoms with E-state index >= 15 is 0 Å². The van der Waals surface area contributed by atoms with Crippen LogP contribution in [0.5, 0.6) is 11.5 Å². The SMILES string of the molecule is Cc1nc(COc2cccc(Cl)c2-c2ccc3c(=O)n(-c4cncc5ccccc45)c(=O)[nH]c3c2)co1.O=c1[nH]c2cc(-c3c(Cl)cccc3OCc3cscn3)ccc2c(=O)n1-c1cncc2ccccc12. The molecule has 0 fully saturated rings. The fourth-order valence-electron chi connectivity index (χ4n) is 8.64. The van der Waals surface area contributed by atoms with Gasteiger partial charge in [0.25, 0.3) is 11.1 Å². The van der Waals surface area contributed by atoms with Gasteiger partial charge in [0.15, 0.2) is 5.89 Å². The van der Waals surface area contributed by atoms with E-state index in [2.05, 4.69) is 29.9 Å². The van der Waals surface area contributed by atoms with Gasteiger partial charge in [-0.2, -0.15) is 0 Å². The molecule has 0 aliphatic rings. The van der Waals surface area contributed by atoms with E-state index in [0.717, 1.165) is 36.4 Å². The van der Waals surface area contributed by atoms with Crippen molar-refractivity contribution in [2.24, 2.45) is 0 Å². The summed E-state index contributed by atoms with van der Waals surface area (Å²) >= 11 is 14.6. The highest BCUT2D eigenvalue weighted by molar-refractivity contribution is 7.07. The average molecular weight is 1020 g/mol. The Labute approximate surface area is 426 Å². The minimum Gasteiger partial charge on any atom is -0.487 e. The maximum atomic E-state index is 13.5. The zero-order valence-electron chi connectivity index (χ0n) is 38.2. The number of aromatic amines is 2. The molecule has 12 rings (SSSR count). The summed E-state index contributed by atoms with van der Waals surface area (Å²) in [6, 6.07) is 36.1. The topological polar surface area (TPSA) is 193 Å². The number of hydrogen-bond acceptors (Lipinski definition) is 12. The molecule has 0 bridgehead atoms. The summed E-state index contributed by atoms with van der Waals surface area (Å²) in [4.78, 5) is 75.9. The first-order valence-corrected chi connectivity index (χ1v) is 24.2. The van der Waals surface area contributed by atoms with Crippen molar-refractivity contribution in [3.8, 4) is 45.1 Å². The molecule has 6 aromatic carbocycles. The second-order valence-electron chi connectivity index (χ2n) is 16.6. The predicted octanol–water partition coefficient (Wildman–Crippen LogP) is 11.0. The fourth-order valence-corrected chi connectivity index (χ4v) is 9.73. The largest absolute Gasteiger partial charge is 0.487 e. The highest BCUT2D eigenvalue weighted by Gasteiger charge is 2.19. The summed E-state index contributed by atoms with van der Waals surface area (Å²) in [5.41, 5.74) is 5.54. The Hall–Kier alpha value is -8.96. The maximum Gasteiger partial charge on any atom is 0.333 e. The van der Waals surface area contributed by atoms with Crippen LogP contribution in [0.4, 0.5) is 0 Å². The number of nitrogens with one attached hydrogen (secondary N) is 2. The summed E-state index contributed by atoms with van der Waals surface area (Å²) < 4.78 is 19.5. The van der Waals surface area contributed by atoms with Crippen LogP contribution in [0.15, 0.2) is 187 Å². The number of halogens is 2. The molecular weight excluding hydrogens is 988 g/mol. The zero-order valence-corrected chi connectivity index (χ0v) is 40.5. The molecule has 358 valence electrons. The third-order valence-corrected chi connectivity index (χ3v) is 13.3. The minimum atomic E-state index is -0.565. The quantitative estimate of drug-likeness (QED) is 0.132. The minimum absolute atomic E-state index is 0.193. The molecule has 0 amide bonds. The van der Waals surface area contributed by atoms with Crippen molar-refractivity contribution in [2.75, 3.05) is 0 Å². The third kappa shape index (κ3) is 9.06. The Kier molecular flexibility index (Phi) is 12.5. The van der Waals surface area contributed by atoms with Crippen molar-refractivity contribution in [2.45, 2.75) is 20.1 Å². The molecular formula is C55H36Cl2N8O7S. The normalized spacial score (nSPS) is 11.3. The number of thiazole rings is 1. The number of fused-ring (bicyclic) bond motifs is 4. The van der Waals surface area contributed by atoms with Crippen LogP contribution in [0.25, 0.3) is 77.0 Å². The molecule has 0 aliphatic carbocycles. The molecule has 15 nitrogen and oxygen atoms in total. The zero-order chi connectivity index (χ0) is 50.2. The third-order valence-electron chi connectivity index (χ3n) is 12.0. The Morgan fingerprint density at radius 3 is 1.58 bits per heavy atom. The first kappa shape index (κ1) is 46.4. The highest BCUT2D eigenvalue weighted by Crippen LogP contribution is 2.39. The van der Waals surface area contributed by atoms with Gasteiger partial charge in [0.1, 0.15) is 36.7 Å². The Morgan fingerprint density at radius 2 is 1.10 bits per heavy atom. The van der Waals surface area contributed by atoms with E-state index in [0.29, 0.717) is 95.2 Å². The van der Waals surface area contributed by atoms with Crippen LogP contribution in [0, 0.1) is 6.92 Å². The van der Waals surface area contributed by atoms with E-state index in [-0.39, 0.29) is 6.61 Å². The standard InChI is InChI=1S/C28H19ClN4O4.C27H17ClN4O3S/c1-16-31-19(14-36-16)15-37-25-8-4-7-22(29)26(25)17-9-10-21-23(11-17)32-28(35)33(27(21)34)24-13-30-12-18-5-2-3-6-20(18)24;28-21-6-3-7-24(35-13-18-14-36-15-30-18)25(21)16-8-9-20-22(10-16)31-27(34)32(26(20)33)23-12-29-11-17-4-1-2-5-19(17)23/h2-14H,15H2,1H3,(H,32,35);1-12,14-15H,13H2,(H,31,34). The molecule has 0 spiro atoms. The number of pyridine rings is 2. The van der Waals surface area contributed by atoms with Crippen molar-refractivity contribution in [3.05, 3.63) is 232 Å². The highest BCUT2D eigenvalue weighted by atomic mass is 35.5. The van der Waals surface area contributed by atoms with Crippen molar-refractivity contribution in [1.29, 1.82) is 0 Å². The molecule has 18 heteroatoms. The van der Waals surface area contributed by atoms with Crippen LogP contribution >= 0.6 is 34.5 Å². The first-order valence-electron chi connectivity index (χ1n) is 22.5. The number of rotatable bonds is 10. The van der Waals surface area contributed by atoms with Gasteiger partial charge in [0, 0.05) is 57.4 Å². The molecule has 0 radical (unpaired) electrons. The van der Waals surface area contributed by atoms with Crippen LogP contribution in [0.3, 0.4) is 0 Å². The van der Waals surface area contributed by atoms with Gasteiger partial charge < -0.3 is 23.9 Å². The van der Waals surface area contributed by atoms with Gasteiger partial charge in [-0.1, -0.05) is 96.0 Å². The molecule has 0 aliphatic heterocycles. The van der Waals surface area contributed by atoms with E-state index < -0.39 is 22.5 Å². The van der Waals surface area contributed by atoms with Crippen LogP contribution < -0.4 is 32.0 Å². The van der Waals surface area contributed by atoms with Gasteiger partial charge in [-0.25, -0.2) is 28.7 Å². The molecule has 12 aromatic rings. The van der Waals surface area contributed by atoms with Gasteiger partial charge in [-0.05, 0) is 59.7 Å². The fraction of sp³-hybridized carbons (Fsp3) is 0.0545. The van der Waals surface area contributed by atoms with Crippen LogP contribution in [-0.2, 0) is 13.2 Å². The lowest BCUT2D eigenvalue weighted by molar-refractivity contribution is 0.302. The summed E-state index contributed by atoms with van der Waals surface area (Å²) in [5.74, 6) is 1.66. The maximum absolute atomic E-state index is 13.5. The monoisotopic (exact) mass is 1020 g/mol.